The molecule has 3 nitrogen and oxygen atoms in total. The predicted octanol–water partition coefficient (Wildman–Crippen LogP) is 16.5. The number of fused-ring (bicyclic) bond motifs is 2. The van der Waals surface area contributed by atoms with Gasteiger partial charge in [0.2, 0.25) is 0 Å². The molecule has 1 saturated carbocycles. The minimum Gasteiger partial charge on any atom is -0.512 e. The molecule has 1 N–H and O–H groups in total. The van der Waals surface area contributed by atoms with Crippen molar-refractivity contribution < 1.29 is 30.0 Å². The molecule has 0 amide bonds. The van der Waals surface area contributed by atoms with E-state index < -0.39 is 0 Å². The topological polar surface area (TPSA) is 50.2 Å². The van der Waals surface area contributed by atoms with Crippen molar-refractivity contribution in [3.63, 3.8) is 0 Å². The van der Waals surface area contributed by atoms with Crippen LogP contribution in [-0.4, -0.2) is 15.9 Å². The zero-order valence-corrected chi connectivity index (χ0v) is 42.6. The van der Waals surface area contributed by atoms with Crippen LogP contribution in [0.5, 0.6) is 0 Å². The molecular weight excluding hydrogens is 931 g/mol. The van der Waals surface area contributed by atoms with Gasteiger partial charge in [-0.15, -0.1) is 40.5 Å². The molecule has 6 rings (SSSR count). The Bertz CT molecular complexity index is 2200. The summed E-state index contributed by atoms with van der Waals surface area (Å²) in [6.07, 6.45) is 8.74. The summed E-state index contributed by atoms with van der Waals surface area (Å²) in [5.41, 5.74) is 8.29. The van der Waals surface area contributed by atoms with Crippen LogP contribution in [-0.2, 0) is 30.3 Å². The normalized spacial score (nSPS) is 15.2. The number of ketones is 1. The van der Waals surface area contributed by atoms with Crippen LogP contribution in [0.2, 0.25) is 0 Å². The third-order valence-corrected chi connectivity index (χ3v) is 14.2. The molecule has 1 radical (unpaired) electrons. The van der Waals surface area contributed by atoms with Crippen molar-refractivity contribution in [1.29, 1.82) is 0 Å². The summed E-state index contributed by atoms with van der Waals surface area (Å²) in [6, 6.07) is 26.5. The van der Waals surface area contributed by atoms with Gasteiger partial charge in [0.05, 0.1) is 5.76 Å². The Labute approximate surface area is 381 Å². The van der Waals surface area contributed by atoms with Crippen LogP contribution in [0, 0.1) is 47.0 Å². The number of aliphatic hydroxyl groups excluding tert-OH is 1. The molecule has 5 aromatic rings. The minimum atomic E-state index is -0.0119. The van der Waals surface area contributed by atoms with Gasteiger partial charge in [-0.05, 0) is 100 Å². The van der Waals surface area contributed by atoms with Gasteiger partial charge in [0.1, 0.15) is 0 Å². The Balaban J connectivity index is 0.000000339. The maximum atomic E-state index is 12.3. The summed E-state index contributed by atoms with van der Waals surface area (Å²) in [6.45, 7) is 33.0. The van der Waals surface area contributed by atoms with E-state index in [1.165, 1.54) is 74.4 Å². The number of rotatable bonds is 11. The number of hydrogen-bond acceptors (Lipinski definition) is 4. The molecule has 0 saturated heterocycles. The third-order valence-electron chi connectivity index (χ3n) is 12.9. The summed E-state index contributed by atoms with van der Waals surface area (Å²) >= 11 is 1.90. The van der Waals surface area contributed by atoms with Gasteiger partial charge >= 0.3 is 0 Å². The van der Waals surface area contributed by atoms with E-state index in [0.29, 0.717) is 40.9 Å². The van der Waals surface area contributed by atoms with E-state index in [2.05, 4.69) is 171 Å². The second-order valence-corrected chi connectivity index (χ2v) is 22.0. The molecule has 60 heavy (non-hydrogen) atoms. The number of hydrogen-bond donors (Lipinski definition) is 1. The standard InChI is InChI=1S/C38H42NS.C17H32O2.Ir/c1-24(2)33-31-18-21-39-34(29-22-28-10-8-9-11-30(28)32(23-29)37(3,4)5)36(31)40-35(33)27-14-12-25(13-15-27)26-16-19-38(6,7)20-17-26;1-10(2)16(11(3)4)14(18)9-15(19)17(12(5)6)13(7)8;/h8-15,18,21,23-24,26H,16-17,19-20H2,1-7H3;9-13,16-18H,1-8H3;/q-1;;/b;14-9-;. The minimum absolute atomic E-state index is 0. The molecule has 0 spiro atoms. The van der Waals surface area contributed by atoms with Crippen LogP contribution < -0.4 is 0 Å². The number of aliphatic hydroxyl groups is 1. The van der Waals surface area contributed by atoms with Gasteiger partial charge in [-0.3, -0.25) is 9.78 Å². The number of carbonyl (C=O) groups is 1. The number of benzene rings is 3. The molecule has 0 bridgehead atoms. The van der Waals surface area contributed by atoms with E-state index in [-0.39, 0.29) is 48.9 Å². The predicted molar refractivity (Wildman–Crippen MR) is 257 cm³/mol. The Morgan fingerprint density at radius 2 is 1.38 bits per heavy atom. The van der Waals surface area contributed by atoms with Crippen molar-refractivity contribution in [3.8, 4) is 21.7 Å². The van der Waals surface area contributed by atoms with Crippen molar-refractivity contribution in [2.75, 3.05) is 0 Å². The van der Waals surface area contributed by atoms with Crippen LogP contribution in [0.25, 0.3) is 42.6 Å². The monoisotopic (exact) mass is 1010 g/mol. The maximum Gasteiger partial charge on any atom is 0.162 e. The second-order valence-electron chi connectivity index (χ2n) is 21.0. The quantitative estimate of drug-likeness (QED) is 0.0815. The van der Waals surface area contributed by atoms with Crippen LogP contribution in [0.4, 0.5) is 0 Å². The second kappa shape index (κ2) is 20.4. The van der Waals surface area contributed by atoms with E-state index in [9.17, 15) is 9.90 Å². The van der Waals surface area contributed by atoms with Crippen molar-refractivity contribution in [2.24, 2.45) is 40.9 Å². The molecular formula is C55H74IrNO2S-. The van der Waals surface area contributed by atoms with Gasteiger partial charge < -0.3 is 5.11 Å². The summed E-state index contributed by atoms with van der Waals surface area (Å²) in [5.74, 6) is 2.75. The summed E-state index contributed by atoms with van der Waals surface area (Å²) < 4.78 is 1.27. The van der Waals surface area contributed by atoms with Crippen LogP contribution in [0.1, 0.15) is 158 Å². The zero-order chi connectivity index (χ0) is 43.6. The van der Waals surface area contributed by atoms with E-state index >= 15 is 0 Å². The first kappa shape index (κ1) is 49.5. The average molecular weight is 1010 g/mol. The van der Waals surface area contributed by atoms with Crippen molar-refractivity contribution >= 4 is 38.0 Å². The van der Waals surface area contributed by atoms with Gasteiger partial charge in [-0.2, -0.15) is 0 Å². The number of carbonyl (C=O) groups excluding carboxylic acids is 1. The Hall–Kier alpha value is -3.11. The fourth-order valence-electron chi connectivity index (χ4n) is 9.86. The molecule has 0 atom stereocenters. The molecule has 2 aromatic heterocycles. The summed E-state index contributed by atoms with van der Waals surface area (Å²) in [4.78, 5) is 18.7. The molecule has 1 aliphatic carbocycles. The average Bonchev–Trinajstić information content (AvgIpc) is 3.54. The van der Waals surface area contributed by atoms with Crippen molar-refractivity contribution in [3.05, 3.63) is 101 Å². The van der Waals surface area contributed by atoms with Gasteiger partial charge in [0, 0.05) is 59.5 Å². The Kier molecular flexibility index (Phi) is 16.8. The van der Waals surface area contributed by atoms with Gasteiger partial charge in [-0.1, -0.05) is 157 Å². The maximum absolute atomic E-state index is 12.3. The first-order valence-electron chi connectivity index (χ1n) is 22.5. The fourth-order valence-corrected chi connectivity index (χ4v) is 11.3. The molecule has 5 heteroatoms. The zero-order valence-electron chi connectivity index (χ0n) is 39.4. The van der Waals surface area contributed by atoms with E-state index in [4.69, 9.17) is 4.98 Å². The molecule has 1 aliphatic rings. The molecule has 327 valence electrons. The number of allylic oxidation sites excluding steroid dienone is 2. The first-order chi connectivity index (χ1) is 27.6. The Morgan fingerprint density at radius 1 is 0.817 bits per heavy atom. The smallest absolute Gasteiger partial charge is 0.162 e. The van der Waals surface area contributed by atoms with Crippen LogP contribution in [0.3, 0.4) is 0 Å². The third kappa shape index (κ3) is 11.5. The molecule has 1 fully saturated rings. The van der Waals surface area contributed by atoms with Gasteiger partial charge in [-0.25, -0.2) is 0 Å². The number of nitrogens with zero attached hydrogens (tertiary/aromatic N) is 1. The van der Waals surface area contributed by atoms with E-state index in [1.807, 2.05) is 17.5 Å². The first-order valence-corrected chi connectivity index (χ1v) is 23.3. The van der Waals surface area contributed by atoms with Crippen LogP contribution >= 0.6 is 11.3 Å². The largest absolute Gasteiger partial charge is 0.512 e. The van der Waals surface area contributed by atoms with E-state index in [0.717, 1.165) is 16.6 Å². The van der Waals surface area contributed by atoms with Gasteiger partial charge in [0.15, 0.2) is 5.78 Å². The number of thiophene rings is 1. The molecule has 3 aromatic carbocycles. The molecule has 0 unspecified atom stereocenters. The fraction of sp³-hybridized carbons (Fsp3) is 0.527. The van der Waals surface area contributed by atoms with E-state index in [1.54, 1.807) is 0 Å². The van der Waals surface area contributed by atoms with Crippen LogP contribution in [0.15, 0.2) is 78.7 Å². The van der Waals surface area contributed by atoms with Gasteiger partial charge in [0.25, 0.3) is 0 Å². The summed E-state index contributed by atoms with van der Waals surface area (Å²) in [7, 11) is 0. The summed E-state index contributed by atoms with van der Waals surface area (Å²) in [5, 5.41) is 14.0. The van der Waals surface area contributed by atoms with Crippen molar-refractivity contribution in [1.82, 2.24) is 4.98 Å². The SMILES string of the molecule is CC(C)C(C(=O)/C=C(\O)C(C(C)C)C(C)C)C(C)C.CC(C)c1c(-c2ccc(C3CCC(C)(C)CC3)cc2)sc2c(-c3[c-]c4ccccc4c(C(C)(C)C)c3)nccc12.[Ir]. The Morgan fingerprint density at radius 3 is 1.92 bits per heavy atom. The molecule has 2 heterocycles. The number of pyridine rings is 1. The molecule has 0 aliphatic heterocycles. The van der Waals surface area contributed by atoms with Crippen molar-refractivity contribution in [2.45, 2.75) is 147 Å². The number of aromatic nitrogens is 1.